The minimum absolute atomic E-state index is 0.124. The molecule has 0 aromatic rings. The average molecular weight is 643 g/mol. The quantitative estimate of drug-likeness (QED) is 0.138. The van der Waals surface area contributed by atoms with Gasteiger partial charge < -0.3 is 64.9 Å². The molecule has 1 saturated carbocycles. The second-order valence-electron chi connectivity index (χ2n) is 14.4. The number of ether oxygens (including phenoxy) is 4. The molecule has 2 saturated heterocycles. The monoisotopic (exact) mass is 642 g/mol. The Kier molecular flexibility index (Phi) is 10.1. The number of hydrogen-bond acceptors (Lipinski definition) is 13. The predicted molar refractivity (Wildman–Crippen MR) is 157 cm³/mol. The number of aliphatic hydroxyl groups is 9. The van der Waals surface area contributed by atoms with Gasteiger partial charge in [-0.1, -0.05) is 45.1 Å². The van der Waals surface area contributed by atoms with Crippen LogP contribution in [0.15, 0.2) is 36.5 Å². The third-order valence-electron chi connectivity index (χ3n) is 11.2. The van der Waals surface area contributed by atoms with Gasteiger partial charge in [-0.15, -0.1) is 6.58 Å². The van der Waals surface area contributed by atoms with E-state index in [0.717, 1.165) is 12.8 Å². The van der Waals surface area contributed by atoms with Gasteiger partial charge in [0.05, 0.1) is 32.0 Å². The van der Waals surface area contributed by atoms with Crippen LogP contribution in [-0.2, 0) is 18.9 Å². The summed E-state index contributed by atoms with van der Waals surface area (Å²) in [5, 5.41) is 94.2. The van der Waals surface area contributed by atoms with E-state index in [2.05, 4.69) is 38.7 Å². The SMILES string of the molecule is C=CC1(C)C=C2C=CC3C(C)(CC(O)C(O)C3(C)COC3OC(COC4OC(CO)C(O)C(O)C4O)C(O)C(O)C3O)C2CC1. The Labute approximate surface area is 263 Å². The maximum absolute atomic E-state index is 11.3. The molecule has 0 bridgehead atoms. The van der Waals surface area contributed by atoms with Gasteiger partial charge in [-0.2, -0.15) is 0 Å². The lowest BCUT2D eigenvalue weighted by molar-refractivity contribution is -0.336. The van der Waals surface area contributed by atoms with Crippen LogP contribution in [0.3, 0.4) is 0 Å². The minimum Gasteiger partial charge on any atom is -0.394 e. The van der Waals surface area contributed by atoms with Gasteiger partial charge in [0.25, 0.3) is 0 Å². The van der Waals surface area contributed by atoms with Gasteiger partial charge >= 0.3 is 0 Å². The molecule has 13 nitrogen and oxygen atoms in total. The van der Waals surface area contributed by atoms with Gasteiger partial charge in [-0.25, -0.2) is 0 Å². The molecule has 5 aliphatic rings. The van der Waals surface area contributed by atoms with E-state index in [0.29, 0.717) is 6.42 Å². The summed E-state index contributed by atoms with van der Waals surface area (Å²) in [5.41, 5.74) is -0.384. The zero-order valence-electron chi connectivity index (χ0n) is 26.0. The summed E-state index contributed by atoms with van der Waals surface area (Å²) in [7, 11) is 0. The lowest BCUT2D eigenvalue weighted by atomic mass is 9.46. The molecule has 0 spiro atoms. The zero-order chi connectivity index (χ0) is 33.1. The van der Waals surface area contributed by atoms with Crippen molar-refractivity contribution in [3.63, 3.8) is 0 Å². The minimum atomic E-state index is -1.71. The highest BCUT2D eigenvalue weighted by Gasteiger charge is 2.61. The van der Waals surface area contributed by atoms with Gasteiger partial charge in [0.2, 0.25) is 0 Å². The lowest BCUT2D eigenvalue weighted by Crippen LogP contribution is -2.64. The third-order valence-corrected chi connectivity index (χ3v) is 11.2. The van der Waals surface area contributed by atoms with Crippen molar-refractivity contribution in [1.29, 1.82) is 0 Å². The van der Waals surface area contributed by atoms with Crippen molar-refractivity contribution >= 4 is 0 Å². The third kappa shape index (κ3) is 6.10. The van der Waals surface area contributed by atoms with Crippen LogP contribution in [0, 0.1) is 28.1 Å². The van der Waals surface area contributed by atoms with Crippen molar-refractivity contribution in [1.82, 2.24) is 0 Å². The Bertz CT molecular complexity index is 1130. The van der Waals surface area contributed by atoms with E-state index >= 15 is 0 Å². The molecule has 3 aliphatic carbocycles. The number of hydrogen-bond donors (Lipinski definition) is 9. The maximum Gasteiger partial charge on any atom is 0.186 e. The van der Waals surface area contributed by atoms with Crippen LogP contribution in [-0.4, -0.2) is 139 Å². The summed E-state index contributed by atoms with van der Waals surface area (Å²) in [6, 6.07) is 0. The molecule has 2 aliphatic heterocycles. The Balaban J connectivity index is 1.31. The second kappa shape index (κ2) is 13.0. The molecule has 17 unspecified atom stereocenters. The highest BCUT2D eigenvalue weighted by atomic mass is 16.7. The highest BCUT2D eigenvalue weighted by molar-refractivity contribution is 5.37. The summed E-state index contributed by atoms with van der Waals surface area (Å²) >= 11 is 0. The fourth-order valence-electron chi connectivity index (χ4n) is 8.31. The van der Waals surface area contributed by atoms with Crippen LogP contribution >= 0.6 is 0 Å². The van der Waals surface area contributed by atoms with Crippen LogP contribution < -0.4 is 0 Å². The van der Waals surface area contributed by atoms with Crippen LogP contribution in [0.4, 0.5) is 0 Å². The molecule has 9 N–H and O–H groups in total. The molecule has 3 fully saturated rings. The number of allylic oxidation sites excluding steroid dienone is 5. The van der Waals surface area contributed by atoms with Crippen molar-refractivity contribution < 1.29 is 64.9 Å². The van der Waals surface area contributed by atoms with Gasteiger partial charge in [0.15, 0.2) is 12.6 Å². The van der Waals surface area contributed by atoms with Crippen LogP contribution in [0.1, 0.15) is 40.0 Å². The largest absolute Gasteiger partial charge is 0.394 e. The molecular weight excluding hydrogens is 592 g/mol. The van der Waals surface area contributed by atoms with Gasteiger partial charge in [-0.05, 0) is 42.1 Å². The molecule has 0 amide bonds. The molecule has 0 radical (unpaired) electrons. The zero-order valence-corrected chi connectivity index (χ0v) is 26.0. The standard InChI is InChI=1S/C32H50O13/c1-5-30(2)9-8-16-15(10-30)6-7-20-31(16,3)11-17(34)27(41)32(20,4)14-43-29-26(40)24(38)22(36)19(45-29)13-42-28-25(39)23(37)21(35)18(12-33)44-28/h5-7,10,16-29,33-41H,1,8-9,11-14H2,2-4H3. The fourth-order valence-corrected chi connectivity index (χ4v) is 8.31. The lowest BCUT2D eigenvalue weighted by Gasteiger charge is -2.60. The van der Waals surface area contributed by atoms with E-state index in [-0.39, 0.29) is 23.9 Å². The number of fused-ring (bicyclic) bond motifs is 3. The fraction of sp³-hybridized carbons (Fsp3) is 0.812. The summed E-state index contributed by atoms with van der Waals surface area (Å²) in [6.07, 6.45) is -7.13. The summed E-state index contributed by atoms with van der Waals surface area (Å²) in [4.78, 5) is 0. The molecule has 17 atom stereocenters. The first kappa shape index (κ1) is 35.0. The summed E-state index contributed by atoms with van der Waals surface area (Å²) < 4.78 is 22.7. The van der Waals surface area contributed by atoms with Crippen molar-refractivity contribution in [2.75, 3.05) is 19.8 Å². The Hall–Kier alpha value is -1.30. The first-order valence-corrected chi connectivity index (χ1v) is 15.7. The molecule has 0 aromatic carbocycles. The Morgan fingerprint density at radius 2 is 1.47 bits per heavy atom. The number of aliphatic hydroxyl groups excluding tert-OH is 9. The van der Waals surface area contributed by atoms with Crippen LogP contribution in [0.25, 0.3) is 0 Å². The molecule has 13 heteroatoms. The first-order chi connectivity index (χ1) is 21.1. The van der Waals surface area contributed by atoms with E-state index in [1.807, 2.05) is 13.0 Å². The highest BCUT2D eigenvalue weighted by Crippen LogP contribution is 2.62. The van der Waals surface area contributed by atoms with Crippen LogP contribution in [0.5, 0.6) is 0 Å². The van der Waals surface area contributed by atoms with E-state index in [1.54, 1.807) is 0 Å². The van der Waals surface area contributed by atoms with Crippen molar-refractivity contribution in [2.45, 2.75) is 114 Å². The van der Waals surface area contributed by atoms with E-state index in [9.17, 15) is 46.0 Å². The van der Waals surface area contributed by atoms with Crippen molar-refractivity contribution in [3.8, 4) is 0 Å². The van der Waals surface area contributed by atoms with E-state index < -0.39 is 97.7 Å². The normalized spacial score (nSPS) is 53.3. The van der Waals surface area contributed by atoms with Gasteiger partial charge in [0, 0.05) is 10.8 Å². The average Bonchev–Trinajstić information content (AvgIpc) is 3.01. The van der Waals surface area contributed by atoms with E-state index in [1.165, 1.54) is 5.57 Å². The number of rotatable bonds is 8. The van der Waals surface area contributed by atoms with E-state index in [4.69, 9.17) is 18.9 Å². The Morgan fingerprint density at radius 1 is 0.867 bits per heavy atom. The van der Waals surface area contributed by atoms with Gasteiger partial charge in [-0.3, -0.25) is 0 Å². The van der Waals surface area contributed by atoms with Crippen LogP contribution in [0.2, 0.25) is 0 Å². The molecule has 45 heavy (non-hydrogen) atoms. The molecule has 2 heterocycles. The summed E-state index contributed by atoms with van der Waals surface area (Å²) in [5.74, 6) is -0.0837. The molecular formula is C32H50O13. The second-order valence-corrected chi connectivity index (χ2v) is 14.4. The Morgan fingerprint density at radius 3 is 2.09 bits per heavy atom. The molecule has 5 rings (SSSR count). The summed E-state index contributed by atoms with van der Waals surface area (Å²) in [6.45, 7) is 8.77. The topological polar surface area (TPSA) is 219 Å². The van der Waals surface area contributed by atoms with Crippen molar-refractivity contribution in [2.24, 2.45) is 28.1 Å². The first-order valence-electron chi connectivity index (χ1n) is 15.7. The van der Waals surface area contributed by atoms with Crippen molar-refractivity contribution in [3.05, 3.63) is 36.5 Å². The molecule has 0 aromatic heterocycles. The predicted octanol–water partition coefficient (Wildman–Crippen LogP) is -1.52. The molecule has 256 valence electrons. The smallest absolute Gasteiger partial charge is 0.186 e. The maximum atomic E-state index is 11.3. The van der Waals surface area contributed by atoms with Gasteiger partial charge in [0.1, 0.15) is 48.8 Å².